The monoisotopic (exact) mass is 430 g/mol. The molecule has 2 fully saturated rings. The highest BCUT2D eigenvalue weighted by atomic mass is 16.2. The molecular formula is C26H30N4O2. The van der Waals surface area contributed by atoms with Crippen molar-refractivity contribution < 1.29 is 9.59 Å². The predicted octanol–water partition coefficient (Wildman–Crippen LogP) is 3.71. The van der Waals surface area contributed by atoms with Crippen LogP contribution in [0.4, 0.5) is 0 Å². The minimum Gasteiger partial charge on any atom is -0.350 e. The van der Waals surface area contributed by atoms with E-state index in [-0.39, 0.29) is 17.9 Å². The minimum absolute atomic E-state index is 0.0432. The van der Waals surface area contributed by atoms with Crippen LogP contribution in [0, 0.1) is 19.8 Å². The van der Waals surface area contributed by atoms with E-state index in [0.717, 1.165) is 72.2 Å². The summed E-state index contributed by atoms with van der Waals surface area (Å²) < 4.78 is 0. The predicted molar refractivity (Wildman–Crippen MR) is 126 cm³/mol. The first-order valence-corrected chi connectivity index (χ1v) is 11.5. The lowest BCUT2D eigenvalue weighted by Crippen LogP contribution is -2.46. The Labute approximate surface area is 188 Å². The summed E-state index contributed by atoms with van der Waals surface area (Å²) >= 11 is 0. The topological polar surface area (TPSA) is 77.2 Å². The number of aryl methyl sites for hydroxylation is 2. The number of nitrogens with one attached hydrogen (secondary N) is 3. The Hall–Kier alpha value is -3.12. The fraction of sp³-hybridized carbons (Fsp3) is 0.385. The second-order valence-corrected chi connectivity index (χ2v) is 9.12. The van der Waals surface area contributed by atoms with E-state index in [4.69, 9.17) is 0 Å². The Morgan fingerprint density at radius 2 is 1.81 bits per heavy atom. The first kappa shape index (κ1) is 20.8. The standard InChI is InChI=1S/C26H30N4O2/c1-16-4-3-5-19-15-22(28-23(16)19)25(31)29-24(18-6-7-18)21-9-8-20(14-17(21)2)26(32)30-12-10-27-11-13-30/h3-5,8-9,14-15,18,24,27-28H,6-7,10-13H2,1-2H3,(H,29,31). The molecule has 2 aromatic carbocycles. The van der Waals surface area contributed by atoms with Crippen LogP contribution in [0.15, 0.2) is 42.5 Å². The third-order valence-electron chi connectivity index (χ3n) is 6.75. The number of H-pyrrole nitrogens is 1. The molecule has 6 nitrogen and oxygen atoms in total. The number of aromatic nitrogens is 1. The van der Waals surface area contributed by atoms with Gasteiger partial charge in [0.05, 0.1) is 6.04 Å². The van der Waals surface area contributed by atoms with Gasteiger partial charge >= 0.3 is 0 Å². The van der Waals surface area contributed by atoms with E-state index in [1.807, 2.05) is 61.2 Å². The van der Waals surface area contributed by atoms with E-state index in [1.165, 1.54) is 0 Å². The summed E-state index contributed by atoms with van der Waals surface area (Å²) in [6, 6.07) is 13.9. The Bertz CT molecular complexity index is 1170. The van der Waals surface area contributed by atoms with Crippen molar-refractivity contribution in [2.75, 3.05) is 26.2 Å². The molecule has 1 atom stereocenters. The fourth-order valence-electron chi connectivity index (χ4n) is 4.74. The highest BCUT2D eigenvalue weighted by Gasteiger charge is 2.35. The number of para-hydroxylation sites is 1. The van der Waals surface area contributed by atoms with Gasteiger partial charge in [0.2, 0.25) is 0 Å². The van der Waals surface area contributed by atoms with Gasteiger partial charge in [0.25, 0.3) is 11.8 Å². The van der Waals surface area contributed by atoms with E-state index in [0.29, 0.717) is 11.6 Å². The molecule has 2 heterocycles. The number of piperazine rings is 1. The number of benzene rings is 2. The van der Waals surface area contributed by atoms with Crippen LogP contribution in [-0.4, -0.2) is 47.9 Å². The van der Waals surface area contributed by atoms with Crippen LogP contribution in [-0.2, 0) is 0 Å². The van der Waals surface area contributed by atoms with Crippen molar-refractivity contribution in [2.45, 2.75) is 32.7 Å². The average Bonchev–Trinajstić information content (AvgIpc) is 3.55. The molecule has 1 saturated heterocycles. The Kier molecular flexibility index (Phi) is 5.47. The number of nitrogens with zero attached hydrogens (tertiary/aromatic N) is 1. The zero-order chi connectivity index (χ0) is 22.2. The van der Waals surface area contributed by atoms with Crippen molar-refractivity contribution in [3.63, 3.8) is 0 Å². The summed E-state index contributed by atoms with van der Waals surface area (Å²) in [5, 5.41) is 7.60. The summed E-state index contributed by atoms with van der Waals surface area (Å²) in [6.45, 7) is 7.24. The average molecular weight is 431 g/mol. The molecule has 1 aliphatic carbocycles. The second kappa shape index (κ2) is 8.43. The number of amides is 2. The summed E-state index contributed by atoms with van der Waals surface area (Å²) in [5.41, 5.74) is 5.59. The van der Waals surface area contributed by atoms with Crippen LogP contribution >= 0.6 is 0 Å². The van der Waals surface area contributed by atoms with Gasteiger partial charge in [0.15, 0.2) is 0 Å². The van der Waals surface area contributed by atoms with Crippen molar-refractivity contribution in [1.82, 2.24) is 20.5 Å². The smallest absolute Gasteiger partial charge is 0.268 e. The van der Waals surface area contributed by atoms with Crippen molar-refractivity contribution in [1.29, 1.82) is 0 Å². The van der Waals surface area contributed by atoms with E-state index in [2.05, 4.69) is 15.6 Å². The third-order valence-corrected chi connectivity index (χ3v) is 6.75. The van der Waals surface area contributed by atoms with Crippen molar-refractivity contribution in [3.05, 3.63) is 70.4 Å². The van der Waals surface area contributed by atoms with Crippen molar-refractivity contribution >= 4 is 22.7 Å². The lowest BCUT2D eigenvalue weighted by Gasteiger charge is -2.28. The summed E-state index contributed by atoms with van der Waals surface area (Å²) in [4.78, 5) is 31.2. The van der Waals surface area contributed by atoms with E-state index in [1.54, 1.807) is 0 Å². The number of hydrogen-bond acceptors (Lipinski definition) is 3. The van der Waals surface area contributed by atoms with Crippen LogP contribution in [0.3, 0.4) is 0 Å². The molecule has 3 aromatic rings. The fourth-order valence-corrected chi connectivity index (χ4v) is 4.74. The van der Waals surface area contributed by atoms with Gasteiger partial charge in [-0.2, -0.15) is 0 Å². The molecule has 32 heavy (non-hydrogen) atoms. The maximum atomic E-state index is 13.1. The third kappa shape index (κ3) is 4.02. The number of aromatic amines is 1. The molecule has 1 aliphatic heterocycles. The molecule has 0 radical (unpaired) electrons. The number of carbonyl (C=O) groups is 2. The van der Waals surface area contributed by atoms with Gasteiger partial charge in [0.1, 0.15) is 5.69 Å². The van der Waals surface area contributed by atoms with Gasteiger partial charge in [-0.05, 0) is 67.5 Å². The number of hydrogen-bond donors (Lipinski definition) is 3. The minimum atomic E-state index is -0.0853. The quantitative estimate of drug-likeness (QED) is 0.578. The summed E-state index contributed by atoms with van der Waals surface area (Å²) in [6.07, 6.45) is 2.22. The molecule has 166 valence electrons. The van der Waals surface area contributed by atoms with Gasteiger partial charge in [-0.3, -0.25) is 9.59 Å². The molecule has 1 saturated carbocycles. The number of rotatable bonds is 5. The van der Waals surface area contributed by atoms with Crippen molar-refractivity contribution in [3.8, 4) is 0 Å². The van der Waals surface area contributed by atoms with E-state index in [9.17, 15) is 9.59 Å². The van der Waals surface area contributed by atoms with E-state index >= 15 is 0 Å². The molecule has 6 heteroatoms. The van der Waals surface area contributed by atoms with Crippen LogP contribution in [0.1, 0.15) is 56.4 Å². The highest BCUT2D eigenvalue weighted by Crippen LogP contribution is 2.42. The zero-order valence-corrected chi connectivity index (χ0v) is 18.7. The molecule has 3 N–H and O–H groups in total. The van der Waals surface area contributed by atoms with Gasteiger partial charge in [-0.15, -0.1) is 0 Å². The first-order valence-electron chi connectivity index (χ1n) is 11.5. The molecule has 1 aromatic heterocycles. The maximum absolute atomic E-state index is 13.1. The Morgan fingerprint density at radius 1 is 1.03 bits per heavy atom. The zero-order valence-electron chi connectivity index (χ0n) is 18.7. The summed E-state index contributed by atoms with van der Waals surface area (Å²) in [5.74, 6) is 0.443. The lowest BCUT2D eigenvalue weighted by molar-refractivity contribution is 0.0735. The summed E-state index contributed by atoms with van der Waals surface area (Å²) in [7, 11) is 0. The van der Waals surface area contributed by atoms with Gasteiger partial charge < -0.3 is 20.5 Å². The first-order chi connectivity index (χ1) is 15.5. The largest absolute Gasteiger partial charge is 0.350 e. The molecule has 0 spiro atoms. The van der Waals surface area contributed by atoms with Crippen LogP contribution in [0.2, 0.25) is 0 Å². The normalized spacial score (nSPS) is 17.4. The Morgan fingerprint density at radius 3 is 2.50 bits per heavy atom. The molecule has 1 unspecified atom stereocenters. The second-order valence-electron chi connectivity index (χ2n) is 9.12. The number of carbonyl (C=O) groups excluding carboxylic acids is 2. The maximum Gasteiger partial charge on any atom is 0.268 e. The molecule has 5 rings (SSSR count). The molecular weight excluding hydrogens is 400 g/mol. The lowest BCUT2D eigenvalue weighted by atomic mass is 9.95. The molecule has 2 aliphatic rings. The van der Waals surface area contributed by atoms with Crippen LogP contribution in [0.25, 0.3) is 10.9 Å². The van der Waals surface area contributed by atoms with Gasteiger partial charge in [-0.25, -0.2) is 0 Å². The highest BCUT2D eigenvalue weighted by molar-refractivity contribution is 5.99. The molecule has 0 bridgehead atoms. The molecule has 2 amide bonds. The van der Waals surface area contributed by atoms with E-state index < -0.39 is 0 Å². The van der Waals surface area contributed by atoms with Crippen molar-refractivity contribution in [2.24, 2.45) is 5.92 Å². The Balaban J connectivity index is 1.37. The number of fused-ring (bicyclic) bond motifs is 1. The van der Waals surface area contributed by atoms with Crippen LogP contribution < -0.4 is 10.6 Å². The van der Waals surface area contributed by atoms with Gasteiger partial charge in [0, 0.05) is 42.6 Å². The van der Waals surface area contributed by atoms with Gasteiger partial charge in [-0.1, -0.05) is 24.3 Å². The van der Waals surface area contributed by atoms with Crippen LogP contribution in [0.5, 0.6) is 0 Å². The SMILES string of the molecule is Cc1cc(C(=O)N2CCNCC2)ccc1C(NC(=O)c1cc2cccc(C)c2[nH]1)C1CC1.